The maximum atomic E-state index is 5.31. The molecule has 2 heterocycles. The van der Waals surface area contributed by atoms with Crippen molar-refractivity contribution < 1.29 is 4.52 Å². The minimum Gasteiger partial charge on any atom is -0.339 e. The molecule has 1 fully saturated rings. The molecule has 2 rings (SSSR count). The second-order valence-electron chi connectivity index (χ2n) is 5.64. The van der Waals surface area contributed by atoms with E-state index in [0.717, 1.165) is 37.5 Å². The molecule has 0 aliphatic carbocycles. The number of likely N-dealkylation sites (tertiary alicyclic amines) is 1. The van der Waals surface area contributed by atoms with Crippen molar-refractivity contribution in [1.82, 2.24) is 20.4 Å². The van der Waals surface area contributed by atoms with Crippen LogP contribution in [0.5, 0.6) is 0 Å². The third-order valence-electron chi connectivity index (χ3n) is 3.83. The van der Waals surface area contributed by atoms with Crippen molar-refractivity contribution in [2.24, 2.45) is 0 Å². The fourth-order valence-corrected chi connectivity index (χ4v) is 2.86. The van der Waals surface area contributed by atoms with Crippen LogP contribution in [0.2, 0.25) is 0 Å². The Labute approximate surface area is 115 Å². The van der Waals surface area contributed by atoms with Crippen molar-refractivity contribution in [1.29, 1.82) is 0 Å². The predicted octanol–water partition coefficient (Wildman–Crippen LogP) is 1.64. The molecule has 108 valence electrons. The van der Waals surface area contributed by atoms with Crippen molar-refractivity contribution in [3.8, 4) is 0 Å². The molecule has 1 unspecified atom stereocenters. The van der Waals surface area contributed by atoms with Gasteiger partial charge < -0.3 is 9.84 Å². The summed E-state index contributed by atoms with van der Waals surface area (Å²) in [5, 5.41) is 7.24. The molecule has 1 saturated heterocycles. The maximum Gasteiger partial charge on any atom is 0.226 e. The molecule has 1 N–H and O–H groups in total. The molecule has 19 heavy (non-hydrogen) atoms. The summed E-state index contributed by atoms with van der Waals surface area (Å²) in [6.07, 6.45) is 5.37. The van der Waals surface area contributed by atoms with Crippen molar-refractivity contribution in [3.05, 3.63) is 11.7 Å². The summed E-state index contributed by atoms with van der Waals surface area (Å²) in [5.74, 6) is 1.65. The van der Waals surface area contributed by atoms with Crippen LogP contribution in [0.3, 0.4) is 0 Å². The van der Waals surface area contributed by atoms with Crippen molar-refractivity contribution in [2.75, 3.05) is 20.1 Å². The van der Waals surface area contributed by atoms with Crippen LogP contribution >= 0.6 is 0 Å². The molecule has 1 aliphatic rings. The van der Waals surface area contributed by atoms with Gasteiger partial charge in [0.2, 0.25) is 5.89 Å². The van der Waals surface area contributed by atoms with E-state index in [-0.39, 0.29) is 0 Å². The van der Waals surface area contributed by atoms with Crippen LogP contribution in [-0.2, 0) is 12.8 Å². The van der Waals surface area contributed by atoms with Crippen molar-refractivity contribution >= 4 is 0 Å². The Morgan fingerprint density at radius 1 is 1.47 bits per heavy atom. The second-order valence-corrected chi connectivity index (χ2v) is 5.64. The zero-order valence-electron chi connectivity index (χ0n) is 12.4. The molecular formula is C14H26N4O. The Bertz CT molecular complexity index is 377. The minimum atomic E-state index is 0.586. The maximum absolute atomic E-state index is 5.31. The normalized spacial score (nSPS) is 20.5. The average molecular weight is 266 g/mol. The SMILES string of the molecule is CNCCCc1nc(CC2CCCN2C(C)C)no1. The molecule has 0 bridgehead atoms. The first-order valence-electron chi connectivity index (χ1n) is 7.42. The van der Waals surface area contributed by atoms with Crippen LogP contribution in [0.25, 0.3) is 0 Å². The summed E-state index contributed by atoms with van der Waals surface area (Å²) in [4.78, 5) is 7.06. The molecular weight excluding hydrogens is 240 g/mol. The van der Waals surface area contributed by atoms with Crippen LogP contribution in [0, 0.1) is 0 Å². The molecule has 5 heteroatoms. The second kappa shape index (κ2) is 7.01. The number of nitrogens with zero attached hydrogens (tertiary/aromatic N) is 3. The first kappa shape index (κ1) is 14.5. The lowest BCUT2D eigenvalue weighted by Crippen LogP contribution is -2.36. The van der Waals surface area contributed by atoms with Gasteiger partial charge >= 0.3 is 0 Å². The van der Waals surface area contributed by atoms with Crippen LogP contribution in [0.1, 0.15) is 44.8 Å². The van der Waals surface area contributed by atoms with E-state index in [9.17, 15) is 0 Å². The number of hydrogen-bond acceptors (Lipinski definition) is 5. The highest BCUT2D eigenvalue weighted by Gasteiger charge is 2.27. The highest BCUT2D eigenvalue weighted by molar-refractivity contribution is 4.94. The lowest BCUT2D eigenvalue weighted by molar-refractivity contribution is 0.200. The van der Waals surface area contributed by atoms with E-state index in [1.807, 2.05) is 7.05 Å². The zero-order valence-corrected chi connectivity index (χ0v) is 12.4. The van der Waals surface area contributed by atoms with Gasteiger partial charge in [-0.25, -0.2) is 0 Å². The lowest BCUT2D eigenvalue weighted by atomic mass is 10.1. The van der Waals surface area contributed by atoms with E-state index in [0.29, 0.717) is 12.1 Å². The number of aromatic nitrogens is 2. The lowest BCUT2D eigenvalue weighted by Gasteiger charge is -2.27. The van der Waals surface area contributed by atoms with Crippen LogP contribution < -0.4 is 5.32 Å². The van der Waals surface area contributed by atoms with Gasteiger partial charge in [0, 0.05) is 24.9 Å². The Morgan fingerprint density at radius 2 is 2.32 bits per heavy atom. The number of hydrogen-bond donors (Lipinski definition) is 1. The van der Waals surface area contributed by atoms with Crippen LogP contribution in [0.15, 0.2) is 4.52 Å². The fraction of sp³-hybridized carbons (Fsp3) is 0.857. The number of aryl methyl sites for hydroxylation is 1. The van der Waals surface area contributed by atoms with Gasteiger partial charge in [-0.05, 0) is 53.2 Å². The Kier molecular flexibility index (Phi) is 5.34. The topological polar surface area (TPSA) is 54.2 Å². The largest absolute Gasteiger partial charge is 0.339 e. The third kappa shape index (κ3) is 4.01. The summed E-state index contributed by atoms with van der Waals surface area (Å²) in [6, 6.07) is 1.19. The summed E-state index contributed by atoms with van der Waals surface area (Å²) in [5.41, 5.74) is 0. The van der Waals surface area contributed by atoms with Crippen LogP contribution in [0.4, 0.5) is 0 Å². The zero-order chi connectivity index (χ0) is 13.7. The van der Waals surface area contributed by atoms with E-state index in [1.165, 1.54) is 19.4 Å². The van der Waals surface area contributed by atoms with Crippen LogP contribution in [-0.4, -0.2) is 47.3 Å². The van der Waals surface area contributed by atoms with Gasteiger partial charge in [0.05, 0.1) is 0 Å². The van der Waals surface area contributed by atoms with E-state index in [4.69, 9.17) is 4.52 Å². The van der Waals surface area contributed by atoms with E-state index in [1.54, 1.807) is 0 Å². The van der Waals surface area contributed by atoms with Gasteiger partial charge in [-0.2, -0.15) is 4.98 Å². The third-order valence-corrected chi connectivity index (χ3v) is 3.83. The smallest absolute Gasteiger partial charge is 0.226 e. The fourth-order valence-electron chi connectivity index (χ4n) is 2.86. The monoisotopic (exact) mass is 266 g/mol. The quantitative estimate of drug-likeness (QED) is 0.760. The molecule has 5 nitrogen and oxygen atoms in total. The Hall–Kier alpha value is -0.940. The minimum absolute atomic E-state index is 0.586. The standard InChI is InChI=1S/C14H26N4O/c1-11(2)18-9-5-6-12(18)10-13-16-14(19-17-13)7-4-8-15-3/h11-12,15H,4-10H2,1-3H3. The van der Waals surface area contributed by atoms with Gasteiger partial charge in [0.25, 0.3) is 0 Å². The summed E-state index contributed by atoms with van der Waals surface area (Å²) < 4.78 is 5.31. The van der Waals surface area contributed by atoms with Gasteiger partial charge in [0.1, 0.15) is 0 Å². The van der Waals surface area contributed by atoms with Gasteiger partial charge in [-0.1, -0.05) is 5.16 Å². The molecule has 1 aromatic heterocycles. The first-order chi connectivity index (χ1) is 9.20. The molecule has 0 amide bonds. The van der Waals surface area contributed by atoms with Gasteiger partial charge in [-0.15, -0.1) is 0 Å². The van der Waals surface area contributed by atoms with E-state index >= 15 is 0 Å². The molecule has 1 aromatic rings. The molecule has 0 spiro atoms. The van der Waals surface area contributed by atoms with Gasteiger partial charge in [-0.3, -0.25) is 4.90 Å². The van der Waals surface area contributed by atoms with E-state index < -0.39 is 0 Å². The van der Waals surface area contributed by atoms with Crippen molar-refractivity contribution in [2.45, 2.75) is 58.0 Å². The highest BCUT2D eigenvalue weighted by Crippen LogP contribution is 2.22. The predicted molar refractivity (Wildman–Crippen MR) is 75.1 cm³/mol. The summed E-state index contributed by atoms with van der Waals surface area (Å²) in [7, 11) is 1.96. The summed E-state index contributed by atoms with van der Waals surface area (Å²) in [6.45, 7) is 6.71. The summed E-state index contributed by atoms with van der Waals surface area (Å²) >= 11 is 0. The molecule has 0 saturated carbocycles. The van der Waals surface area contributed by atoms with Crippen molar-refractivity contribution in [3.63, 3.8) is 0 Å². The number of rotatable bonds is 7. The van der Waals surface area contributed by atoms with E-state index in [2.05, 4.69) is 34.2 Å². The molecule has 1 aliphatic heterocycles. The molecule has 1 atom stereocenters. The molecule has 0 aromatic carbocycles. The number of nitrogens with one attached hydrogen (secondary N) is 1. The Morgan fingerprint density at radius 3 is 3.05 bits per heavy atom. The first-order valence-corrected chi connectivity index (χ1v) is 7.42. The Balaban J connectivity index is 1.85. The van der Waals surface area contributed by atoms with Gasteiger partial charge in [0.15, 0.2) is 5.82 Å². The molecule has 0 radical (unpaired) electrons. The highest BCUT2D eigenvalue weighted by atomic mass is 16.5. The average Bonchev–Trinajstić information content (AvgIpc) is 2.99.